The van der Waals surface area contributed by atoms with E-state index in [0.29, 0.717) is 24.5 Å². The van der Waals surface area contributed by atoms with Crippen molar-refractivity contribution in [3.05, 3.63) is 59.9 Å². The predicted molar refractivity (Wildman–Crippen MR) is 111 cm³/mol. The third-order valence-electron chi connectivity index (χ3n) is 4.86. The third kappa shape index (κ3) is 5.55. The monoisotopic (exact) mass is 434 g/mol. The molecule has 0 unspecified atom stereocenters. The van der Waals surface area contributed by atoms with Crippen LogP contribution in [0, 0.1) is 0 Å². The Kier molecular flexibility index (Phi) is 6.84. The number of benzene rings is 1. The van der Waals surface area contributed by atoms with Crippen molar-refractivity contribution >= 4 is 5.91 Å². The van der Waals surface area contributed by atoms with Crippen LogP contribution in [0.1, 0.15) is 11.3 Å². The highest BCUT2D eigenvalue weighted by Crippen LogP contribution is 2.39. The number of hydrogen-bond donors (Lipinski definition) is 0. The average Bonchev–Trinajstić information content (AvgIpc) is 3.08. The zero-order valence-corrected chi connectivity index (χ0v) is 17.7. The molecule has 1 aromatic rings. The summed E-state index contributed by atoms with van der Waals surface area (Å²) in [5.74, 6) is 0.624. The smallest absolute Gasteiger partial charge is 0.433 e. The molecule has 0 fully saturated rings. The molecule has 166 valence electrons. The number of nitrogens with zero attached hydrogens (tertiary/aromatic N) is 4. The van der Waals surface area contributed by atoms with Gasteiger partial charge in [-0.1, -0.05) is 18.2 Å². The second-order valence-corrected chi connectivity index (χ2v) is 7.50. The van der Waals surface area contributed by atoms with E-state index in [9.17, 15) is 18.0 Å². The number of halogens is 3. The molecular formula is C22H25F3N4O2. The van der Waals surface area contributed by atoms with Crippen LogP contribution < -0.4 is 4.74 Å². The van der Waals surface area contributed by atoms with Crippen LogP contribution in [0.4, 0.5) is 13.2 Å². The molecule has 1 aromatic carbocycles. The highest BCUT2D eigenvalue weighted by atomic mass is 19.4. The van der Waals surface area contributed by atoms with Crippen LogP contribution in [-0.2, 0) is 24.1 Å². The molecule has 0 radical (unpaired) electrons. The molecule has 0 atom stereocenters. The Hall–Kier alpha value is -3.07. The first-order valence-electron chi connectivity index (χ1n) is 9.78. The van der Waals surface area contributed by atoms with E-state index in [1.807, 2.05) is 30.3 Å². The maximum Gasteiger partial charge on any atom is 0.433 e. The van der Waals surface area contributed by atoms with Crippen molar-refractivity contribution in [2.45, 2.75) is 19.3 Å². The van der Waals surface area contributed by atoms with Crippen molar-refractivity contribution in [1.82, 2.24) is 19.4 Å². The van der Waals surface area contributed by atoms with Crippen molar-refractivity contribution in [3.8, 4) is 17.1 Å². The van der Waals surface area contributed by atoms with Gasteiger partial charge >= 0.3 is 6.18 Å². The molecule has 3 rings (SSSR count). The number of pyridine rings is 1. The van der Waals surface area contributed by atoms with Gasteiger partial charge in [-0.2, -0.15) is 13.2 Å². The van der Waals surface area contributed by atoms with E-state index in [-0.39, 0.29) is 30.4 Å². The van der Waals surface area contributed by atoms with Crippen LogP contribution in [0.15, 0.2) is 48.7 Å². The lowest BCUT2D eigenvalue weighted by Gasteiger charge is -2.19. The highest BCUT2D eigenvalue weighted by molar-refractivity contribution is 5.76. The fourth-order valence-corrected chi connectivity index (χ4v) is 3.20. The van der Waals surface area contributed by atoms with E-state index in [1.54, 1.807) is 44.4 Å². The van der Waals surface area contributed by atoms with Crippen LogP contribution in [0.3, 0.4) is 0 Å². The van der Waals surface area contributed by atoms with E-state index >= 15 is 0 Å². The normalized spacial score (nSPS) is 11.8. The molecule has 2 heterocycles. The van der Waals surface area contributed by atoms with Gasteiger partial charge in [-0.3, -0.25) is 9.69 Å². The maximum absolute atomic E-state index is 13.7. The van der Waals surface area contributed by atoms with Crippen molar-refractivity contribution in [3.63, 3.8) is 0 Å². The van der Waals surface area contributed by atoms with Gasteiger partial charge in [-0.05, 0) is 31.3 Å². The molecule has 1 amide bonds. The summed E-state index contributed by atoms with van der Waals surface area (Å²) in [6.07, 6.45) is -3.03. The predicted octanol–water partition coefficient (Wildman–Crippen LogP) is 3.61. The zero-order chi connectivity index (χ0) is 22.6. The number of carbonyl (C=O) groups is 1. The first-order chi connectivity index (χ1) is 14.7. The van der Waals surface area contributed by atoms with Gasteiger partial charge in [-0.15, -0.1) is 0 Å². The first kappa shape index (κ1) is 22.6. The van der Waals surface area contributed by atoms with E-state index in [0.717, 1.165) is 0 Å². The van der Waals surface area contributed by atoms with Gasteiger partial charge in [0.2, 0.25) is 5.91 Å². The standard InChI is InChI=1S/C22H25F3N4O2/c1-27(2)19(30)15-29-11-7-10-17-18(20(22(23,24)25)26-21(17)29)14-28(3)12-13-31-16-8-5-4-6-9-16/h4-11H,12-15H2,1-3H3. The van der Waals surface area contributed by atoms with Gasteiger partial charge in [0, 0.05) is 44.5 Å². The number of likely N-dealkylation sites (N-methyl/N-ethyl adjacent to an activating group) is 2. The van der Waals surface area contributed by atoms with Gasteiger partial charge in [-0.25, -0.2) is 4.98 Å². The minimum Gasteiger partial charge on any atom is -0.492 e. The van der Waals surface area contributed by atoms with Crippen molar-refractivity contribution in [1.29, 1.82) is 0 Å². The van der Waals surface area contributed by atoms with Gasteiger partial charge in [0.25, 0.3) is 0 Å². The van der Waals surface area contributed by atoms with Crippen LogP contribution in [0.5, 0.6) is 5.75 Å². The van der Waals surface area contributed by atoms with Crippen LogP contribution in [0.25, 0.3) is 11.4 Å². The molecule has 0 aliphatic carbocycles. The summed E-state index contributed by atoms with van der Waals surface area (Å²) in [5, 5.41) is 0. The summed E-state index contributed by atoms with van der Waals surface area (Å²) in [5.41, 5.74) is -0.441. The average molecular weight is 434 g/mol. The molecule has 0 spiro atoms. The minimum atomic E-state index is -4.60. The minimum absolute atomic E-state index is 0.0507. The van der Waals surface area contributed by atoms with E-state index in [1.165, 1.54) is 9.47 Å². The van der Waals surface area contributed by atoms with E-state index in [4.69, 9.17) is 4.74 Å². The molecule has 0 aromatic heterocycles. The molecule has 0 saturated heterocycles. The number of carbonyl (C=O) groups excluding carboxylic acids is 1. The second-order valence-electron chi connectivity index (χ2n) is 7.50. The topological polar surface area (TPSA) is 50.6 Å². The Morgan fingerprint density at radius 3 is 2.45 bits per heavy atom. The molecule has 0 bridgehead atoms. The Morgan fingerprint density at radius 2 is 1.81 bits per heavy atom. The number of fused-ring (bicyclic) bond motifs is 1. The summed E-state index contributed by atoms with van der Waals surface area (Å²) in [7, 11) is 4.93. The molecule has 6 nitrogen and oxygen atoms in total. The van der Waals surface area contributed by atoms with Crippen LogP contribution in [-0.4, -0.2) is 59.6 Å². The third-order valence-corrected chi connectivity index (χ3v) is 4.86. The Balaban J connectivity index is 1.80. The number of amides is 1. The van der Waals surface area contributed by atoms with Gasteiger partial charge in [0.1, 0.15) is 24.7 Å². The van der Waals surface area contributed by atoms with Crippen molar-refractivity contribution < 1.29 is 22.7 Å². The summed E-state index contributed by atoms with van der Waals surface area (Å²) in [6, 6.07) is 12.5. The van der Waals surface area contributed by atoms with Gasteiger partial charge in [0.05, 0.1) is 0 Å². The zero-order valence-electron chi connectivity index (χ0n) is 17.7. The van der Waals surface area contributed by atoms with Crippen LogP contribution in [0.2, 0.25) is 0 Å². The number of para-hydroxylation sites is 1. The van der Waals surface area contributed by atoms with E-state index in [2.05, 4.69) is 4.98 Å². The fourth-order valence-electron chi connectivity index (χ4n) is 3.20. The molecule has 31 heavy (non-hydrogen) atoms. The lowest BCUT2D eigenvalue weighted by molar-refractivity contribution is -0.141. The molecule has 2 aliphatic heterocycles. The summed E-state index contributed by atoms with van der Waals surface area (Å²) < 4.78 is 48.3. The number of alkyl halides is 3. The maximum atomic E-state index is 13.7. The lowest BCUT2D eigenvalue weighted by atomic mass is 10.1. The highest BCUT2D eigenvalue weighted by Gasteiger charge is 2.39. The van der Waals surface area contributed by atoms with Crippen molar-refractivity contribution in [2.75, 3.05) is 34.3 Å². The SMILES string of the molecule is CN(CCOc1ccccc1)Cc1c2cccn(CC(=O)N(C)C)c-2nc1C(F)(F)F. The van der Waals surface area contributed by atoms with E-state index < -0.39 is 11.9 Å². The molecular weight excluding hydrogens is 409 g/mol. The van der Waals surface area contributed by atoms with Gasteiger partial charge in [0.15, 0.2) is 5.69 Å². The molecule has 2 aliphatic rings. The number of ether oxygens (including phenoxy) is 1. The molecule has 0 saturated carbocycles. The lowest BCUT2D eigenvalue weighted by Crippen LogP contribution is -2.27. The summed E-state index contributed by atoms with van der Waals surface area (Å²) in [6.45, 7) is 0.740. The van der Waals surface area contributed by atoms with Crippen molar-refractivity contribution in [2.24, 2.45) is 0 Å². The quantitative estimate of drug-likeness (QED) is 0.544. The molecule has 9 heteroatoms. The number of aromatic nitrogens is 2. The first-order valence-corrected chi connectivity index (χ1v) is 9.78. The summed E-state index contributed by atoms with van der Waals surface area (Å²) in [4.78, 5) is 19.1. The Morgan fingerprint density at radius 1 is 1.10 bits per heavy atom. The van der Waals surface area contributed by atoms with Crippen LogP contribution >= 0.6 is 0 Å². The van der Waals surface area contributed by atoms with Gasteiger partial charge < -0.3 is 14.2 Å². The summed E-state index contributed by atoms with van der Waals surface area (Å²) >= 11 is 0. The number of hydrogen-bond acceptors (Lipinski definition) is 4. The Labute approximate surface area is 179 Å². The number of rotatable bonds is 8. The Bertz CT molecular complexity index is 986. The second kappa shape index (κ2) is 9.38. The largest absolute Gasteiger partial charge is 0.492 e. The fraction of sp³-hybridized carbons (Fsp3) is 0.364. The molecule has 0 N–H and O–H groups in total.